The summed E-state index contributed by atoms with van der Waals surface area (Å²) >= 11 is 0. The van der Waals surface area contributed by atoms with E-state index < -0.39 is 5.97 Å². The van der Waals surface area contributed by atoms with E-state index in [4.69, 9.17) is 20.9 Å². The molecule has 0 saturated carbocycles. The fourth-order valence-electron chi connectivity index (χ4n) is 1.35. The quantitative estimate of drug-likeness (QED) is 0.321. The third-order valence-corrected chi connectivity index (χ3v) is 2.22. The number of methoxy groups -OCH3 is 1. The molecule has 0 atom stereocenters. The molecule has 8 heteroatoms. The minimum atomic E-state index is -0.476. The summed E-state index contributed by atoms with van der Waals surface area (Å²) in [7, 11) is 1.29. The van der Waals surface area contributed by atoms with E-state index in [1.54, 1.807) is 18.2 Å². The van der Waals surface area contributed by atoms with Gasteiger partial charge in [0.2, 0.25) is 5.96 Å². The van der Waals surface area contributed by atoms with Gasteiger partial charge in [-0.1, -0.05) is 0 Å². The number of guanidine groups is 1. The second kappa shape index (κ2) is 8.41. The first-order valence-electron chi connectivity index (χ1n) is 6.15. The highest BCUT2D eigenvalue weighted by molar-refractivity contribution is 5.82. The van der Waals surface area contributed by atoms with Crippen LogP contribution >= 0.6 is 0 Å². The Morgan fingerprint density at radius 3 is 2.67 bits per heavy atom. The van der Waals surface area contributed by atoms with Crippen LogP contribution in [0.5, 0.6) is 11.5 Å². The van der Waals surface area contributed by atoms with Crippen LogP contribution in [0.3, 0.4) is 0 Å². The minimum Gasteiger partial charge on any atom is -0.490 e. The van der Waals surface area contributed by atoms with Crippen molar-refractivity contribution in [3.8, 4) is 11.5 Å². The molecule has 114 valence electrons. The van der Waals surface area contributed by atoms with E-state index >= 15 is 0 Å². The zero-order valence-electron chi connectivity index (χ0n) is 11.9. The summed E-state index contributed by atoms with van der Waals surface area (Å²) < 4.78 is 15.3. The van der Waals surface area contributed by atoms with E-state index in [1.807, 2.05) is 6.92 Å². The lowest BCUT2D eigenvalue weighted by Gasteiger charge is -2.11. The summed E-state index contributed by atoms with van der Waals surface area (Å²) in [4.78, 5) is 11.1. The van der Waals surface area contributed by atoms with Crippen LogP contribution in [-0.2, 0) is 9.53 Å². The lowest BCUT2D eigenvalue weighted by Crippen LogP contribution is -2.21. The first kappa shape index (κ1) is 16.3. The second-order valence-electron chi connectivity index (χ2n) is 3.77. The maximum absolute atomic E-state index is 11.1. The Morgan fingerprint density at radius 2 is 2.05 bits per heavy atom. The summed E-state index contributed by atoms with van der Waals surface area (Å²) in [6, 6.07) is 5.08. The number of nitrogens with two attached hydrogens (primary N) is 2. The fraction of sp³-hybridized carbons (Fsp3) is 0.308. The fourth-order valence-corrected chi connectivity index (χ4v) is 1.35. The van der Waals surface area contributed by atoms with E-state index in [0.717, 1.165) is 0 Å². The molecule has 0 aliphatic heterocycles. The van der Waals surface area contributed by atoms with Crippen molar-refractivity contribution in [2.24, 2.45) is 21.7 Å². The number of carbonyl (C=O) groups excluding carboxylic acids is 1. The number of rotatable bonds is 7. The number of esters is 1. The Hall–Kier alpha value is -2.77. The lowest BCUT2D eigenvalue weighted by molar-refractivity contribution is -0.142. The van der Waals surface area contributed by atoms with Gasteiger partial charge in [0.05, 0.1) is 19.9 Å². The standard InChI is InChI=1S/C13H18N4O4/c1-3-20-11-6-9(7-16-17-13(14)15)4-5-10(11)21-8-12(18)19-2/h4-7H,3,8H2,1-2H3,(H4,14,15,17)/b16-7-. The number of nitrogens with zero attached hydrogens (tertiary/aromatic N) is 2. The van der Waals surface area contributed by atoms with Crippen molar-refractivity contribution in [1.82, 2.24) is 0 Å². The van der Waals surface area contributed by atoms with Crippen molar-refractivity contribution in [2.45, 2.75) is 6.92 Å². The van der Waals surface area contributed by atoms with E-state index in [2.05, 4.69) is 14.9 Å². The molecule has 21 heavy (non-hydrogen) atoms. The number of ether oxygens (including phenoxy) is 3. The summed E-state index contributed by atoms with van der Waals surface area (Å²) in [5, 5.41) is 7.20. The average Bonchev–Trinajstić information content (AvgIpc) is 2.46. The van der Waals surface area contributed by atoms with Crippen molar-refractivity contribution in [1.29, 1.82) is 0 Å². The molecule has 1 rings (SSSR count). The van der Waals surface area contributed by atoms with Gasteiger partial charge in [-0.05, 0) is 30.7 Å². The first-order chi connectivity index (χ1) is 10.1. The monoisotopic (exact) mass is 294 g/mol. The van der Waals surface area contributed by atoms with Crippen LogP contribution < -0.4 is 20.9 Å². The van der Waals surface area contributed by atoms with Crippen molar-refractivity contribution in [3.05, 3.63) is 23.8 Å². The average molecular weight is 294 g/mol. The molecule has 0 spiro atoms. The highest BCUT2D eigenvalue weighted by atomic mass is 16.6. The van der Waals surface area contributed by atoms with Crippen molar-refractivity contribution in [3.63, 3.8) is 0 Å². The predicted octanol–water partition coefficient (Wildman–Crippen LogP) is 0.244. The van der Waals surface area contributed by atoms with Gasteiger partial charge in [-0.3, -0.25) is 0 Å². The molecule has 1 aromatic rings. The second-order valence-corrected chi connectivity index (χ2v) is 3.77. The molecule has 0 bridgehead atoms. The summed E-state index contributed by atoms with van der Waals surface area (Å²) in [6.45, 7) is 2.09. The Kier molecular flexibility index (Phi) is 6.52. The number of carbonyl (C=O) groups is 1. The van der Waals surface area contributed by atoms with Crippen LogP contribution in [-0.4, -0.2) is 38.5 Å². The molecule has 0 saturated heterocycles. The maximum atomic E-state index is 11.1. The molecule has 8 nitrogen and oxygen atoms in total. The van der Waals surface area contributed by atoms with Crippen LogP contribution in [0.15, 0.2) is 28.4 Å². The molecule has 0 heterocycles. The third-order valence-electron chi connectivity index (χ3n) is 2.22. The van der Waals surface area contributed by atoms with Crippen LogP contribution in [0, 0.1) is 0 Å². The summed E-state index contributed by atoms with van der Waals surface area (Å²) in [5.74, 6) is 0.307. The van der Waals surface area contributed by atoms with E-state index in [9.17, 15) is 4.79 Å². The Bertz CT molecular complexity index is 539. The van der Waals surface area contributed by atoms with Gasteiger partial charge in [-0.2, -0.15) is 5.10 Å². The number of hydrogen-bond acceptors (Lipinski definition) is 6. The SMILES string of the molecule is CCOc1cc(/C=N\N=C(N)N)ccc1OCC(=O)OC. The van der Waals surface area contributed by atoms with Crippen molar-refractivity contribution >= 4 is 18.1 Å². The van der Waals surface area contributed by atoms with Gasteiger partial charge in [-0.15, -0.1) is 5.10 Å². The Labute approximate surface area is 122 Å². The number of benzene rings is 1. The van der Waals surface area contributed by atoms with Crippen LogP contribution in [0.25, 0.3) is 0 Å². The summed E-state index contributed by atoms with van der Waals surface area (Å²) in [5.41, 5.74) is 11.0. The lowest BCUT2D eigenvalue weighted by atomic mass is 10.2. The van der Waals surface area contributed by atoms with Crippen LogP contribution in [0.4, 0.5) is 0 Å². The molecule has 0 amide bonds. The van der Waals surface area contributed by atoms with Crippen molar-refractivity contribution < 1.29 is 19.0 Å². The molecule has 0 unspecified atom stereocenters. The van der Waals surface area contributed by atoms with Gasteiger partial charge in [0, 0.05) is 0 Å². The van der Waals surface area contributed by atoms with Crippen LogP contribution in [0.2, 0.25) is 0 Å². The molecule has 0 aliphatic rings. The topological polar surface area (TPSA) is 122 Å². The van der Waals surface area contributed by atoms with E-state index in [1.165, 1.54) is 13.3 Å². The van der Waals surface area contributed by atoms with Gasteiger partial charge in [0.1, 0.15) is 0 Å². The molecule has 1 aromatic carbocycles. The van der Waals surface area contributed by atoms with E-state index in [0.29, 0.717) is 23.7 Å². The zero-order valence-corrected chi connectivity index (χ0v) is 11.9. The van der Waals surface area contributed by atoms with Crippen LogP contribution in [0.1, 0.15) is 12.5 Å². The summed E-state index contributed by atoms with van der Waals surface area (Å²) in [6.07, 6.45) is 1.46. The van der Waals surface area contributed by atoms with Gasteiger partial charge in [0.25, 0.3) is 0 Å². The molecule has 0 aromatic heterocycles. The molecule has 0 aliphatic carbocycles. The zero-order chi connectivity index (χ0) is 15.7. The smallest absolute Gasteiger partial charge is 0.343 e. The molecular formula is C13H18N4O4. The Morgan fingerprint density at radius 1 is 1.29 bits per heavy atom. The van der Waals surface area contributed by atoms with Crippen molar-refractivity contribution in [2.75, 3.05) is 20.3 Å². The highest BCUT2D eigenvalue weighted by Gasteiger charge is 2.08. The number of hydrogen-bond donors (Lipinski definition) is 2. The predicted molar refractivity (Wildman–Crippen MR) is 78.5 cm³/mol. The molecule has 4 N–H and O–H groups in total. The van der Waals surface area contributed by atoms with Gasteiger partial charge in [-0.25, -0.2) is 4.79 Å². The molecule has 0 radical (unpaired) electrons. The third kappa shape index (κ3) is 5.81. The highest BCUT2D eigenvalue weighted by Crippen LogP contribution is 2.28. The largest absolute Gasteiger partial charge is 0.490 e. The maximum Gasteiger partial charge on any atom is 0.343 e. The molecule has 0 fully saturated rings. The van der Waals surface area contributed by atoms with Gasteiger partial charge < -0.3 is 25.7 Å². The Balaban J connectivity index is 2.87. The van der Waals surface area contributed by atoms with E-state index in [-0.39, 0.29) is 12.6 Å². The molecular weight excluding hydrogens is 276 g/mol. The van der Waals surface area contributed by atoms with Gasteiger partial charge >= 0.3 is 5.97 Å². The normalized spacial score (nSPS) is 10.2. The first-order valence-corrected chi connectivity index (χ1v) is 6.15. The minimum absolute atomic E-state index is 0.130. The van der Waals surface area contributed by atoms with Gasteiger partial charge in [0.15, 0.2) is 18.1 Å².